The maximum atomic E-state index is 6.05. The second kappa shape index (κ2) is 4.14. The minimum absolute atomic E-state index is 0.242. The zero-order valence-electron chi connectivity index (χ0n) is 11.1. The SMILES string of the molecule is Cc1nc2cnccc2n1OC(C)[Si](C)(C)C. The molecular formula is C12H19N3OSi. The number of hydrogen-bond acceptors (Lipinski definition) is 3. The maximum Gasteiger partial charge on any atom is 0.143 e. The van der Waals surface area contributed by atoms with E-state index < -0.39 is 8.07 Å². The first-order chi connectivity index (χ1) is 7.89. The van der Waals surface area contributed by atoms with Crippen LogP contribution in [0.3, 0.4) is 0 Å². The van der Waals surface area contributed by atoms with Gasteiger partial charge in [0.25, 0.3) is 0 Å². The molecule has 0 saturated heterocycles. The van der Waals surface area contributed by atoms with Crippen LogP contribution in [0.15, 0.2) is 18.5 Å². The van der Waals surface area contributed by atoms with Gasteiger partial charge in [0.15, 0.2) is 0 Å². The van der Waals surface area contributed by atoms with Crippen LogP contribution in [-0.4, -0.2) is 28.5 Å². The van der Waals surface area contributed by atoms with E-state index in [9.17, 15) is 0 Å². The van der Waals surface area contributed by atoms with E-state index in [0.29, 0.717) is 0 Å². The summed E-state index contributed by atoms with van der Waals surface area (Å²) in [4.78, 5) is 14.6. The number of aryl methyl sites for hydroxylation is 1. The van der Waals surface area contributed by atoms with Gasteiger partial charge in [0, 0.05) is 6.20 Å². The molecule has 1 unspecified atom stereocenters. The van der Waals surface area contributed by atoms with Crippen molar-refractivity contribution in [1.82, 2.24) is 14.7 Å². The lowest BCUT2D eigenvalue weighted by molar-refractivity contribution is 0.0930. The Morgan fingerprint density at radius 3 is 2.71 bits per heavy atom. The number of nitrogens with zero attached hydrogens (tertiary/aromatic N) is 3. The molecule has 0 bridgehead atoms. The molecule has 2 aromatic rings. The highest BCUT2D eigenvalue weighted by Gasteiger charge is 2.26. The Kier molecular flexibility index (Phi) is 2.95. The molecule has 2 aromatic heterocycles. The molecule has 0 saturated carbocycles. The minimum Gasteiger partial charge on any atom is -0.413 e. The fraction of sp³-hybridized carbons (Fsp3) is 0.500. The Morgan fingerprint density at radius 1 is 1.35 bits per heavy atom. The van der Waals surface area contributed by atoms with E-state index in [0.717, 1.165) is 16.9 Å². The summed E-state index contributed by atoms with van der Waals surface area (Å²) in [5.41, 5.74) is 2.11. The highest BCUT2D eigenvalue weighted by Crippen LogP contribution is 2.15. The third kappa shape index (κ3) is 2.34. The normalized spacial score (nSPS) is 13.9. The van der Waals surface area contributed by atoms with Gasteiger partial charge in [0.05, 0.1) is 14.3 Å². The average Bonchev–Trinajstić information content (AvgIpc) is 2.54. The third-order valence-electron chi connectivity index (χ3n) is 3.06. The topological polar surface area (TPSA) is 39.9 Å². The lowest BCUT2D eigenvalue weighted by Gasteiger charge is -2.26. The molecule has 0 N–H and O–H groups in total. The molecule has 17 heavy (non-hydrogen) atoms. The molecule has 0 radical (unpaired) electrons. The summed E-state index contributed by atoms with van der Waals surface area (Å²) in [5.74, 6) is 0.873. The van der Waals surface area contributed by atoms with Gasteiger partial charge < -0.3 is 4.84 Å². The highest BCUT2D eigenvalue weighted by atomic mass is 28.3. The Hall–Kier alpha value is -1.36. The Morgan fingerprint density at radius 2 is 2.06 bits per heavy atom. The van der Waals surface area contributed by atoms with Gasteiger partial charge in [-0.1, -0.05) is 19.6 Å². The second-order valence-corrected chi connectivity index (χ2v) is 11.0. The maximum absolute atomic E-state index is 6.05. The molecule has 92 valence electrons. The summed E-state index contributed by atoms with van der Waals surface area (Å²) in [6.07, 6.45) is 3.53. The first kappa shape index (κ1) is 12.1. The van der Waals surface area contributed by atoms with Crippen LogP contribution in [0.1, 0.15) is 12.7 Å². The second-order valence-electron chi connectivity index (χ2n) is 5.43. The minimum atomic E-state index is -1.31. The summed E-state index contributed by atoms with van der Waals surface area (Å²) in [6.45, 7) is 11.0. The van der Waals surface area contributed by atoms with Crippen molar-refractivity contribution in [3.05, 3.63) is 24.3 Å². The van der Waals surface area contributed by atoms with Crippen molar-refractivity contribution in [2.24, 2.45) is 0 Å². The average molecular weight is 249 g/mol. The van der Waals surface area contributed by atoms with Gasteiger partial charge in [-0.3, -0.25) is 4.98 Å². The van der Waals surface area contributed by atoms with E-state index in [1.54, 1.807) is 12.4 Å². The Labute approximate surface area is 103 Å². The van der Waals surface area contributed by atoms with Crippen molar-refractivity contribution in [1.29, 1.82) is 0 Å². The molecule has 2 rings (SSSR count). The zero-order chi connectivity index (χ0) is 12.6. The number of fused-ring (bicyclic) bond motifs is 1. The van der Waals surface area contributed by atoms with Crippen LogP contribution in [-0.2, 0) is 0 Å². The standard InChI is InChI=1S/C12H19N3OSi/c1-9-14-11-8-13-7-6-12(11)15(9)16-10(2)17(3,4)5/h6-8,10H,1-5H3. The van der Waals surface area contributed by atoms with Crippen LogP contribution in [0.2, 0.25) is 19.6 Å². The number of imidazole rings is 1. The predicted molar refractivity (Wildman–Crippen MR) is 71.7 cm³/mol. The summed E-state index contributed by atoms with van der Waals surface area (Å²) >= 11 is 0. The molecular weight excluding hydrogens is 230 g/mol. The van der Waals surface area contributed by atoms with Gasteiger partial charge >= 0.3 is 0 Å². The van der Waals surface area contributed by atoms with E-state index >= 15 is 0 Å². The van der Waals surface area contributed by atoms with Crippen LogP contribution >= 0.6 is 0 Å². The number of aromatic nitrogens is 3. The van der Waals surface area contributed by atoms with Gasteiger partial charge in [-0.25, -0.2) is 4.98 Å². The third-order valence-corrected chi connectivity index (χ3v) is 5.60. The van der Waals surface area contributed by atoms with E-state index in [1.807, 2.05) is 17.7 Å². The van der Waals surface area contributed by atoms with Crippen molar-refractivity contribution < 1.29 is 4.84 Å². The van der Waals surface area contributed by atoms with Crippen LogP contribution in [0, 0.1) is 6.92 Å². The first-order valence-corrected chi connectivity index (χ1v) is 9.43. The van der Waals surface area contributed by atoms with E-state index in [2.05, 4.69) is 36.5 Å². The fourth-order valence-electron chi connectivity index (χ4n) is 1.48. The van der Waals surface area contributed by atoms with Crippen LogP contribution in [0.25, 0.3) is 11.0 Å². The Bertz CT molecular complexity index is 530. The van der Waals surface area contributed by atoms with E-state index in [4.69, 9.17) is 4.84 Å². The molecule has 1 atom stereocenters. The van der Waals surface area contributed by atoms with Gasteiger partial charge in [0.2, 0.25) is 0 Å². The molecule has 0 amide bonds. The van der Waals surface area contributed by atoms with Crippen molar-refractivity contribution in [3.63, 3.8) is 0 Å². The van der Waals surface area contributed by atoms with Gasteiger partial charge in [-0.05, 0) is 19.9 Å². The van der Waals surface area contributed by atoms with Crippen molar-refractivity contribution in [2.75, 3.05) is 0 Å². The van der Waals surface area contributed by atoms with Crippen molar-refractivity contribution in [3.8, 4) is 0 Å². The lowest BCUT2D eigenvalue weighted by Crippen LogP contribution is -2.43. The van der Waals surface area contributed by atoms with Crippen LogP contribution in [0.5, 0.6) is 0 Å². The largest absolute Gasteiger partial charge is 0.413 e. The van der Waals surface area contributed by atoms with Crippen molar-refractivity contribution >= 4 is 19.1 Å². The first-order valence-electron chi connectivity index (χ1n) is 5.86. The number of hydrogen-bond donors (Lipinski definition) is 0. The van der Waals surface area contributed by atoms with E-state index in [-0.39, 0.29) is 5.73 Å². The fourth-order valence-corrected chi connectivity index (χ4v) is 1.90. The molecule has 0 aliphatic carbocycles. The quantitative estimate of drug-likeness (QED) is 0.784. The molecule has 0 aliphatic heterocycles. The summed E-state index contributed by atoms with van der Waals surface area (Å²) in [7, 11) is -1.31. The molecule has 4 nitrogen and oxygen atoms in total. The van der Waals surface area contributed by atoms with Crippen molar-refractivity contribution in [2.45, 2.75) is 39.2 Å². The monoisotopic (exact) mass is 249 g/mol. The lowest BCUT2D eigenvalue weighted by atomic mass is 10.4. The summed E-state index contributed by atoms with van der Waals surface area (Å²) in [6, 6.07) is 1.94. The van der Waals surface area contributed by atoms with E-state index in [1.165, 1.54) is 0 Å². The molecule has 0 aromatic carbocycles. The zero-order valence-corrected chi connectivity index (χ0v) is 12.1. The molecule has 0 spiro atoms. The molecule has 0 aliphatic rings. The molecule has 0 fully saturated rings. The summed E-state index contributed by atoms with van der Waals surface area (Å²) in [5, 5.41) is 0. The van der Waals surface area contributed by atoms with Gasteiger partial charge in [-0.15, -0.1) is 0 Å². The number of pyridine rings is 1. The van der Waals surface area contributed by atoms with Crippen LogP contribution in [0.4, 0.5) is 0 Å². The van der Waals surface area contributed by atoms with Gasteiger partial charge in [-0.2, -0.15) is 4.73 Å². The molecule has 5 heteroatoms. The predicted octanol–water partition coefficient (Wildman–Crippen LogP) is 2.43. The molecule has 2 heterocycles. The van der Waals surface area contributed by atoms with Gasteiger partial charge in [0.1, 0.15) is 22.6 Å². The summed E-state index contributed by atoms with van der Waals surface area (Å²) < 4.78 is 1.83. The smallest absolute Gasteiger partial charge is 0.143 e. The highest BCUT2D eigenvalue weighted by molar-refractivity contribution is 6.77. The Balaban J connectivity index is 2.39. The van der Waals surface area contributed by atoms with Crippen LogP contribution < -0.4 is 4.84 Å². The number of rotatable bonds is 3.